The molecule has 10 heteroatoms. The van der Waals surface area contributed by atoms with Crippen molar-refractivity contribution in [1.29, 1.82) is 5.26 Å². The van der Waals surface area contributed by atoms with Gasteiger partial charge in [0.05, 0.1) is 30.4 Å². The van der Waals surface area contributed by atoms with Crippen molar-refractivity contribution in [2.75, 3.05) is 30.8 Å². The summed E-state index contributed by atoms with van der Waals surface area (Å²) in [7, 11) is 1.61. The summed E-state index contributed by atoms with van der Waals surface area (Å²) in [6.07, 6.45) is 6.80. The van der Waals surface area contributed by atoms with E-state index in [2.05, 4.69) is 25.6 Å². The molecule has 0 radical (unpaired) electrons. The summed E-state index contributed by atoms with van der Waals surface area (Å²) in [6.45, 7) is 1.94. The van der Waals surface area contributed by atoms with Gasteiger partial charge in [-0.15, -0.1) is 0 Å². The Labute approximate surface area is 180 Å². The molecule has 10 nitrogen and oxygen atoms in total. The first-order valence-electron chi connectivity index (χ1n) is 10.1. The van der Waals surface area contributed by atoms with Gasteiger partial charge in [-0.3, -0.25) is 14.6 Å². The van der Waals surface area contributed by atoms with Gasteiger partial charge >= 0.3 is 0 Å². The van der Waals surface area contributed by atoms with Crippen LogP contribution < -0.4 is 10.6 Å². The van der Waals surface area contributed by atoms with Gasteiger partial charge in [0.1, 0.15) is 12.1 Å². The third kappa shape index (κ3) is 5.52. The van der Waals surface area contributed by atoms with Crippen LogP contribution in [-0.2, 0) is 9.59 Å². The van der Waals surface area contributed by atoms with Gasteiger partial charge in [0.25, 0.3) is 0 Å². The number of pyridine rings is 1. The van der Waals surface area contributed by atoms with Gasteiger partial charge in [-0.1, -0.05) is 6.92 Å². The van der Waals surface area contributed by atoms with Crippen molar-refractivity contribution in [2.45, 2.75) is 32.2 Å². The molecule has 2 aromatic heterocycles. The van der Waals surface area contributed by atoms with Gasteiger partial charge in [-0.25, -0.2) is 9.97 Å². The molecule has 1 fully saturated rings. The highest BCUT2D eigenvalue weighted by molar-refractivity contribution is 5.93. The summed E-state index contributed by atoms with van der Waals surface area (Å²) < 4.78 is 0. The van der Waals surface area contributed by atoms with E-state index < -0.39 is 6.04 Å². The van der Waals surface area contributed by atoms with E-state index in [1.807, 2.05) is 13.0 Å². The maximum atomic E-state index is 12.6. The first-order valence-corrected chi connectivity index (χ1v) is 10.1. The van der Waals surface area contributed by atoms with Crippen molar-refractivity contribution < 1.29 is 14.7 Å². The van der Waals surface area contributed by atoms with Crippen LogP contribution in [0.1, 0.15) is 31.9 Å². The molecule has 31 heavy (non-hydrogen) atoms. The van der Waals surface area contributed by atoms with Crippen LogP contribution in [0.25, 0.3) is 11.3 Å². The maximum absolute atomic E-state index is 12.6. The third-order valence-corrected chi connectivity index (χ3v) is 4.99. The van der Waals surface area contributed by atoms with E-state index in [1.165, 1.54) is 23.5 Å². The minimum atomic E-state index is -0.577. The molecule has 3 N–H and O–H groups in total. The zero-order chi connectivity index (χ0) is 22.4. The lowest BCUT2D eigenvalue weighted by atomic mass is 10.1. The van der Waals surface area contributed by atoms with Gasteiger partial charge in [0.15, 0.2) is 11.5 Å². The molecule has 1 saturated carbocycles. The van der Waals surface area contributed by atoms with E-state index in [9.17, 15) is 14.9 Å². The number of hydrogen-bond acceptors (Lipinski definition) is 8. The Morgan fingerprint density at radius 3 is 2.65 bits per heavy atom. The molecule has 3 rings (SSSR count). The minimum absolute atomic E-state index is 0.0463. The fourth-order valence-electron chi connectivity index (χ4n) is 2.97. The molecular weight excluding hydrogens is 398 g/mol. The van der Waals surface area contributed by atoms with Crippen LogP contribution in [-0.4, -0.2) is 63.0 Å². The quantitative estimate of drug-likeness (QED) is 0.549. The van der Waals surface area contributed by atoms with Crippen molar-refractivity contribution in [3.05, 3.63) is 30.4 Å². The summed E-state index contributed by atoms with van der Waals surface area (Å²) in [6, 6.07) is 3.14. The molecule has 0 aliphatic heterocycles. The van der Waals surface area contributed by atoms with E-state index in [-0.39, 0.29) is 36.6 Å². The number of nitriles is 1. The van der Waals surface area contributed by atoms with Crippen LogP contribution in [0.4, 0.5) is 11.5 Å². The Kier molecular flexibility index (Phi) is 7.10. The number of nitrogens with zero attached hydrogens (tertiary/aromatic N) is 5. The maximum Gasteiger partial charge on any atom is 0.244 e. The highest BCUT2D eigenvalue weighted by Gasteiger charge is 2.29. The molecule has 162 valence electrons. The van der Waals surface area contributed by atoms with Gasteiger partial charge in [-0.05, 0) is 25.3 Å². The number of carbonyl (C=O) groups excluding carboxylic acids is 2. The van der Waals surface area contributed by atoms with Gasteiger partial charge in [0, 0.05) is 31.3 Å². The van der Waals surface area contributed by atoms with Crippen LogP contribution in [0, 0.1) is 17.2 Å². The number of carbonyl (C=O) groups is 2. The zero-order valence-corrected chi connectivity index (χ0v) is 17.5. The highest BCUT2D eigenvalue weighted by Crippen LogP contribution is 2.30. The third-order valence-electron chi connectivity index (χ3n) is 4.99. The van der Waals surface area contributed by atoms with Crippen LogP contribution in [0.15, 0.2) is 24.7 Å². The molecule has 2 aromatic rings. The van der Waals surface area contributed by atoms with Gasteiger partial charge < -0.3 is 20.6 Å². The molecule has 1 unspecified atom stereocenters. The molecule has 1 atom stereocenters. The standard InChI is InChI=1S/C21H25N7O3/c1-3-15(21(31)28(2)6-7-29)26-16-8-14(10-23-17(16)9-22)18-11-25-19(12-24-18)27-20(30)13-4-5-13/h8,10-13,15,26,29H,3-7H2,1-2H3,(H,25,27,30). The lowest BCUT2D eigenvalue weighted by molar-refractivity contribution is -0.131. The number of aliphatic hydroxyl groups excluding tert-OH is 1. The number of anilines is 2. The fourth-order valence-corrected chi connectivity index (χ4v) is 2.97. The molecule has 0 bridgehead atoms. The van der Waals surface area contributed by atoms with E-state index in [0.717, 1.165) is 12.8 Å². The Morgan fingerprint density at radius 2 is 2.06 bits per heavy atom. The second-order valence-electron chi connectivity index (χ2n) is 7.37. The van der Waals surface area contributed by atoms with E-state index >= 15 is 0 Å². The van der Waals surface area contributed by atoms with E-state index in [1.54, 1.807) is 13.1 Å². The van der Waals surface area contributed by atoms with E-state index in [4.69, 9.17) is 5.11 Å². The lowest BCUT2D eigenvalue weighted by Crippen LogP contribution is -2.41. The molecular formula is C21H25N7O3. The number of likely N-dealkylation sites (N-methyl/N-ethyl adjacent to an activating group) is 1. The average Bonchev–Trinajstić information content (AvgIpc) is 3.63. The number of nitrogens with one attached hydrogen (secondary N) is 2. The lowest BCUT2D eigenvalue weighted by Gasteiger charge is -2.24. The first kappa shape index (κ1) is 22.1. The van der Waals surface area contributed by atoms with Crippen LogP contribution >= 0.6 is 0 Å². The van der Waals surface area contributed by atoms with Crippen molar-refractivity contribution in [1.82, 2.24) is 19.9 Å². The Morgan fingerprint density at radius 1 is 1.29 bits per heavy atom. The van der Waals surface area contributed by atoms with Crippen LogP contribution in [0.2, 0.25) is 0 Å². The normalized spacial score (nSPS) is 13.7. The van der Waals surface area contributed by atoms with Crippen molar-refractivity contribution >= 4 is 23.3 Å². The second kappa shape index (κ2) is 9.95. The summed E-state index contributed by atoms with van der Waals surface area (Å²) >= 11 is 0. The largest absolute Gasteiger partial charge is 0.395 e. The predicted octanol–water partition coefficient (Wildman–Crippen LogP) is 1.40. The summed E-state index contributed by atoms with van der Waals surface area (Å²) in [4.78, 5) is 38.6. The predicted molar refractivity (Wildman–Crippen MR) is 114 cm³/mol. The minimum Gasteiger partial charge on any atom is -0.395 e. The Hall–Kier alpha value is -3.58. The van der Waals surface area contributed by atoms with Crippen LogP contribution in [0.5, 0.6) is 0 Å². The number of amides is 2. The zero-order valence-electron chi connectivity index (χ0n) is 17.5. The average molecular weight is 423 g/mol. The SMILES string of the molecule is CCC(Nc1cc(-c2cnc(NC(=O)C3CC3)cn2)cnc1C#N)C(=O)N(C)CCO. The molecule has 1 aliphatic rings. The molecule has 0 saturated heterocycles. The Balaban J connectivity index is 1.78. The number of hydrogen-bond donors (Lipinski definition) is 3. The monoisotopic (exact) mass is 423 g/mol. The molecule has 0 aromatic carbocycles. The Bertz CT molecular complexity index is 983. The topological polar surface area (TPSA) is 144 Å². The number of aliphatic hydroxyl groups is 1. The first-order chi connectivity index (χ1) is 15.0. The van der Waals surface area contributed by atoms with Crippen molar-refractivity contribution in [3.63, 3.8) is 0 Å². The highest BCUT2D eigenvalue weighted by atomic mass is 16.3. The van der Waals surface area contributed by atoms with E-state index in [0.29, 0.717) is 29.2 Å². The summed E-state index contributed by atoms with van der Waals surface area (Å²) in [5.41, 5.74) is 1.69. The fraction of sp³-hybridized carbons (Fsp3) is 0.429. The molecule has 0 spiro atoms. The summed E-state index contributed by atoms with van der Waals surface area (Å²) in [5.74, 6) is 0.212. The molecule has 1 aliphatic carbocycles. The number of aromatic nitrogens is 3. The molecule has 2 amide bonds. The van der Waals surface area contributed by atoms with Crippen molar-refractivity contribution in [2.24, 2.45) is 5.92 Å². The second-order valence-corrected chi connectivity index (χ2v) is 7.37. The molecule has 2 heterocycles. The summed E-state index contributed by atoms with van der Waals surface area (Å²) in [5, 5.41) is 24.3. The number of rotatable bonds is 9. The van der Waals surface area contributed by atoms with Crippen molar-refractivity contribution in [3.8, 4) is 17.3 Å². The van der Waals surface area contributed by atoms with Crippen LogP contribution in [0.3, 0.4) is 0 Å². The smallest absolute Gasteiger partial charge is 0.244 e. The van der Waals surface area contributed by atoms with Gasteiger partial charge in [0.2, 0.25) is 11.8 Å². The van der Waals surface area contributed by atoms with Gasteiger partial charge in [-0.2, -0.15) is 5.26 Å².